The SMILES string of the molecule is C[C@@H]1CC[C@]2(C(=O)O)CC[C@]3(C)C(=CC[C@@H]4[C@@]5(C)C[C@@H](O)[C@H](OS(=O)(=O)O)[C@@](C)(COS(=O)(=O)O)[C@@H]5CC[C@]43C)[C@]2(O)[C@H]1C. The van der Waals surface area contributed by atoms with E-state index in [0.717, 1.165) is 5.57 Å². The molecular formula is C30H48O12S2. The van der Waals surface area contributed by atoms with Gasteiger partial charge in [0.2, 0.25) is 0 Å². The lowest BCUT2D eigenvalue weighted by Crippen LogP contribution is -2.72. The molecule has 0 aromatic rings. The van der Waals surface area contributed by atoms with E-state index >= 15 is 0 Å². The maximum atomic E-state index is 13.0. The quantitative estimate of drug-likeness (QED) is 0.203. The van der Waals surface area contributed by atoms with Crippen molar-refractivity contribution in [2.24, 2.45) is 50.7 Å². The fourth-order valence-corrected chi connectivity index (χ4v) is 12.6. The molecule has 12 atom stereocenters. The van der Waals surface area contributed by atoms with Crippen molar-refractivity contribution in [2.45, 2.75) is 111 Å². The number of hydrogen-bond acceptors (Lipinski definition) is 9. The average molecular weight is 665 g/mol. The van der Waals surface area contributed by atoms with Gasteiger partial charge in [0.1, 0.15) is 17.1 Å². The highest BCUT2D eigenvalue weighted by molar-refractivity contribution is 7.81. The normalized spacial score (nSPS) is 50.8. The van der Waals surface area contributed by atoms with E-state index in [2.05, 4.69) is 20.8 Å². The Kier molecular flexibility index (Phi) is 7.92. The third-order valence-electron chi connectivity index (χ3n) is 14.1. The van der Waals surface area contributed by atoms with Crippen LogP contribution in [-0.4, -0.2) is 71.6 Å². The van der Waals surface area contributed by atoms with E-state index in [1.54, 1.807) is 6.92 Å². The molecule has 14 heteroatoms. The first kappa shape index (κ1) is 34.2. The number of aliphatic hydroxyl groups excluding tert-OH is 1. The van der Waals surface area contributed by atoms with Gasteiger partial charge in [-0.05, 0) is 96.9 Å². The maximum absolute atomic E-state index is 13.0. The first-order valence-corrected chi connectivity index (χ1v) is 18.3. The topological polar surface area (TPSA) is 205 Å². The van der Waals surface area contributed by atoms with E-state index in [1.165, 1.54) is 0 Å². The zero-order valence-electron chi connectivity index (χ0n) is 26.3. The third kappa shape index (κ3) is 4.52. The number of carboxylic acid groups (broad SMARTS) is 1. The number of aliphatic hydroxyl groups is 2. The molecule has 5 aliphatic carbocycles. The van der Waals surface area contributed by atoms with Crippen molar-refractivity contribution in [3.05, 3.63) is 11.6 Å². The minimum atomic E-state index is -5.05. The molecule has 0 spiro atoms. The van der Waals surface area contributed by atoms with Gasteiger partial charge in [-0.3, -0.25) is 13.9 Å². The summed E-state index contributed by atoms with van der Waals surface area (Å²) in [6.45, 7) is 11.1. The number of carbonyl (C=O) groups is 1. The Morgan fingerprint density at radius 3 is 2.16 bits per heavy atom. The van der Waals surface area contributed by atoms with Gasteiger partial charge < -0.3 is 15.3 Å². The number of hydrogen-bond donors (Lipinski definition) is 5. The molecule has 44 heavy (non-hydrogen) atoms. The fourth-order valence-electron chi connectivity index (χ4n) is 11.5. The molecule has 4 fully saturated rings. The molecule has 0 unspecified atom stereocenters. The molecule has 0 radical (unpaired) electrons. The zero-order chi connectivity index (χ0) is 33.1. The van der Waals surface area contributed by atoms with E-state index in [9.17, 15) is 46.1 Å². The third-order valence-corrected chi connectivity index (χ3v) is 14.9. The molecule has 0 aromatic heterocycles. The summed E-state index contributed by atoms with van der Waals surface area (Å²) in [6.07, 6.45) is 2.54. The summed E-state index contributed by atoms with van der Waals surface area (Å²) in [5.41, 5.74) is -5.35. The molecular weight excluding hydrogens is 616 g/mol. The molecule has 12 nitrogen and oxygen atoms in total. The van der Waals surface area contributed by atoms with Crippen LogP contribution in [0.5, 0.6) is 0 Å². The lowest BCUT2D eigenvalue weighted by Gasteiger charge is -2.73. The fraction of sp³-hybridized carbons (Fsp3) is 0.900. The van der Waals surface area contributed by atoms with E-state index in [-0.39, 0.29) is 24.2 Å². The van der Waals surface area contributed by atoms with Gasteiger partial charge in [0.25, 0.3) is 0 Å². The van der Waals surface area contributed by atoms with Crippen LogP contribution in [0.15, 0.2) is 11.6 Å². The highest BCUT2D eigenvalue weighted by atomic mass is 32.3. The number of allylic oxidation sites excluding steroid dienone is 1. The van der Waals surface area contributed by atoms with E-state index in [1.807, 2.05) is 19.9 Å². The molecule has 0 amide bonds. The highest BCUT2D eigenvalue weighted by Gasteiger charge is 2.75. The van der Waals surface area contributed by atoms with Crippen molar-refractivity contribution in [3.8, 4) is 0 Å². The Morgan fingerprint density at radius 2 is 1.59 bits per heavy atom. The lowest BCUT2D eigenvalue weighted by molar-refractivity contribution is -0.249. The van der Waals surface area contributed by atoms with Gasteiger partial charge in [-0.15, -0.1) is 0 Å². The molecule has 0 saturated heterocycles. The smallest absolute Gasteiger partial charge is 0.397 e. The lowest BCUT2D eigenvalue weighted by atomic mass is 9.32. The van der Waals surface area contributed by atoms with Crippen molar-refractivity contribution < 1.29 is 54.4 Å². The molecule has 0 aliphatic heterocycles. The van der Waals surface area contributed by atoms with Crippen LogP contribution in [0.3, 0.4) is 0 Å². The molecule has 5 N–H and O–H groups in total. The minimum Gasteiger partial charge on any atom is -0.481 e. The summed E-state index contributed by atoms with van der Waals surface area (Å²) in [5.74, 6) is -1.76. The van der Waals surface area contributed by atoms with Gasteiger partial charge in [0.05, 0.1) is 12.7 Å². The zero-order valence-corrected chi connectivity index (χ0v) is 27.9. The summed E-state index contributed by atoms with van der Waals surface area (Å²) in [5, 5.41) is 34.8. The summed E-state index contributed by atoms with van der Waals surface area (Å²) >= 11 is 0. The summed E-state index contributed by atoms with van der Waals surface area (Å²) in [7, 11) is -9.99. The molecule has 4 saturated carbocycles. The Balaban J connectivity index is 1.64. The average Bonchev–Trinajstić information content (AvgIpc) is 2.88. The highest BCUT2D eigenvalue weighted by Crippen LogP contribution is 2.76. The second-order valence-corrected chi connectivity index (χ2v) is 17.8. The first-order valence-electron chi connectivity index (χ1n) is 15.6. The number of carboxylic acids is 1. The van der Waals surface area contributed by atoms with Gasteiger partial charge >= 0.3 is 26.8 Å². The van der Waals surface area contributed by atoms with E-state index in [0.29, 0.717) is 44.9 Å². The largest absolute Gasteiger partial charge is 0.481 e. The van der Waals surface area contributed by atoms with Crippen molar-refractivity contribution in [3.63, 3.8) is 0 Å². The van der Waals surface area contributed by atoms with Crippen molar-refractivity contribution in [1.29, 1.82) is 0 Å². The number of aliphatic carboxylic acids is 1. The van der Waals surface area contributed by atoms with Crippen LogP contribution in [0, 0.1) is 50.7 Å². The Hall–Kier alpha value is -1.13. The molecule has 252 valence electrons. The van der Waals surface area contributed by atoms with Crippen LogP contribution in [-0.2, 0) is 34.0 Å². The van der Waals surface area contributed by atoms with Crippen LogP contribution >= 0.6 is 0 Å². The van der Waals surface area contributed by atoms with Crippen LogP contribution in [0.4, 0.5) is 0 Å². The van der Waals surface area contributed by atoms with Gasteiger partial charge in [-0.2, -0.15) is 16.8 Å². The van der Waals surface area contributed by atoms with Crippen molar-refractivity contribution >= 4 is 26.8 Å². The Morgan fingerprint density at radius 1 is 0.955 bits per heavy atom. The van der Waals surface area contributed by atoms with Gasteiger partial charge in [-0.1, -0.05) is 47.6 Å². The summed E-state index contributed by atoms with van der Waals surface area (Å²) in [4.78, 5) is 13.0. The first-order chi connectivity index (χ1) is 19.9. The standard InChI is InChI=1S/C30H48O12S2/c1-17-9-12-29(24(32)33)14-13-28(6)22(30(29,34)18(17)2)8-7-21-25(3)15-19(31)23(42-44(38,39)40)26(4,16-41-43(35,36)37)20(25)10-11-27(21,28)5/h8,17-21,23,31,34H,7,9-16H2,1-6H3,(H,32,33)(H,35,36,37)(H,38,39,40)/t17-,18+,19-,20-,21-,23+,25+,26+,27-,28-,29-,30-/m1/s1. The van der Waals surface area contributed by atoms with Gasteiger partial charge in [-0.25, -0.2) is 8.37 Å². The second-order valence-electron chi connectivity index (χ2n) is 15.6. The number of fused-ring (bicyclic) bond motifs is 7. The van der Waals surface area contributed by atoms with Crippen LogP contribution in [0.1, 0.15) is 92.9 Å². The second kappa shape index (κ2) is 10.2. The molecule has 5 aliphatic rings. The maximum Gasteiger partial charge on any atom is 0.397 e. The van der Waals surface area contributed by atoms with Crippen molar-refractivity contribution in [1.82, 2.24) is 0 Å². The van der Waals surface area contributed by atoms with E-state index < -0.39 is 84.2 Å². The molecule has 0 heterocycles. The minimum absolute atomic E-state index is 0.0790. The van der Waals surface area contributed by atoms with Gasteiger partial charge in [0.15, 0.2) is 0 Å². The predicted octanol–water partition coefficient (Wildman–Crippen LogP) is 3.80. The number of rotatable bonds is 6. The Labute approximate surface area is 260 Å². The van der Waals surface area contributed by atoms with Crippen LogP contribution in [0.25, 0.3) is 0 Å². The predicted molar refractivity (Wildman–Crippen MR) is 158 cm³/mol. The monoisotopic (exact) mass is 664 g/mol. The summed E-state index contributed by atoms with van der Waals surface area (Å²) in [6, 6.07) is 0. The van der Waals surface area contributed by atoms with Crippen molar-refractivity contribution in [2.75, 3.05) is 6.61 Å². The van der Waals surface area contributed by atoms with E-state index in [4.69, 9.17) is 8.37 Å². The molecule has 5 rings (SSSR count). The van der Waals surface area contributed by atoms with Crippen LogP contribution in [0.2, 0.25) is 0 Å². The Bertz CT molecular complexity index is 1460. The summed E-state index contributed by atoms with van der Waals surface area (Å²) < 4.78 is 75.9. The van der Waals surface area contributed by atoms with Crippen LogP contribution < -0.4 is 0 Å². The molecule has 0 bridgehead atoms. The van der Waals surface area contributed by atoms with Gasteiger partial charge in [0, 0.05) is 5.41 Å². The molecule has 0 aromatic carbocycles.